The van der Waals surface area contributed by atoms with E-state index in [0.29, 0.717) is 41.7 Å². The number of fused-ring (bicyclic) bond motifs is 1. The SMILES string of the molecule is Cc1nn(-c2cscn2)cc1C(=O)N1C[C@@H]2C(Oc3cc(C(C)(C)N)cc(-c4ccc(F)cc4)n3)[C@@H]2C1. The summed E-state index contributed by atoms with van der Waals surface area (Å²) in [6.45, 7) is 6.95. The molecule has 1 unspecified atom stereocenters. The van der Waals surface area contributed by atoms with E-state index in [1.807, 2.05) is 43.2 Å². The number of benzene rings is 1. The average Bonchev–Trinajstić information content (AvgIpc) is 3.36. The Bertz CT molecular complexity index is 1450. The Labute approximate surface area is 217 Å². The minimum absolute atomic E-state index is 0.00687. The van der Waals surface area contributed by atoms with E-state index in [1.54, 1.807) is 28.5 Å². The summed E-state index contributed by atoms with van der Waals surface area (Å²) >= 11 is 1.48. The number of hydrogen-bond acceptors (Lipinski definition) is 7. The number of likely N-dealkylation sites (tertiary alicyclic amines) is 1. The monoisotopic (exact) mass is 518 g/mol. The number of amides is 1. The molecule has 0 radical (unpaired) electrons. The van der Waals surface area contributed by atoms with E-state index in [2.05, 4.69) is 10.1 Å². The third kappa shape index (κ3) is 4.51. The van der Waals surface area contributed by atoms with Gasteiger partial charge in [-0.3, -0.25) is 4.79 Å². The van der Waals surface area contributed by atoms with Gasteiger partial charge in [0.2, 0.25) is 5.88 Å². The maximum absolute atomic E-state index is 13.4. The van der Waals surface area contributed by atoms with Gasteiger partial charge in [-0.25, -0.2) is 19.0 Å². The van der Waals surface area contributed by atoms with Crippen LogP contribution in [0.1, 0.15) is 35.5 Å². The van der Waals surface area contributed by atoms with Crippen LogP contribution in [0, 0.1) is 24.6 Å². The van der Waals surface area contributed by atoms with Crippen molar-refractivity contribution in [2.45, 2.75) is 32.4 Å². The summed E-state index contributed by atoms with van der Waals surface area (Å²) in [7, 11) is 0. The van der Waals surface area contributed by atoms with E-state index in [1.165, 1.54) is 23.5 Å². The quantitative estimate of drug-likeness (QED) is 0.411. The minimum Gasteiger partial charge on any atom is -0.474 e. The third-order valence-electron chi connectivity index (χ3n) is 7.13. The number of pyridine rings is 1. The van der Waals surface area contributed by atoms with E-state index >= 15 is 0 Å². The molecule has 0 spiro atoms. The summed E-state index contributed by atoms with van der Waals surface area (Å²) in [5.41, 5.74) is 11.2. The molecule has 4 heterocycles. The van der Waals surface area contributed by atoms with Crippen LogP contribution in [0.15, 0.2) is 53.5 Å². The molecule has 2 N–H and O–H groups in total. The number of carbonyl (C=O) groups is 1. The lowest BCUT2D eigenvalue weighted by atomic mass is 9.95. The summed E-state index contributed by atoms with van der Waals surface area (Å²) in [5.74, 6) is 1.39. The van der Waals surface area contributed by atoms with Gasteiger partial charge in [-0.1, -0.05) is 0 Å². The van der Waals surface area contributed by atoms with Gasteiger partial charge in [0, 0.05) is 53.7 Å². The first-order valence-electron chi connectivity index (χ1n) is 12.2. The molecule has 1 saturated heterocycles. The average molecular weight is 519 g/mol. The number of aryl methyl sites for hydroxylation is 1. The lowest BCUT2D eigenvalue weighted by molar-refractivity contribution is 0.0751. The van der Waals surface area contributed by atoms with Crippen LogP contribution in [-0.4, -0.2) is 49.7 Å². The fraction of sp³-hybridized carbons (Fsp3) is 0.333. The van der Waals surface area contributed by atoms with Gasteiger partial charge in [-0.15, -0.1) is 11.3 Å². The largest absolute Gasteiger partial charge is 0.474 e. The van der Waals surface area contributed by atoms with Gasteiger partial charge in [0.05, 0.1) is 22.5 Å². The molecular formula is C27H27FN6O2S. The number of piperidine rings is 1. The van der Waals surface area contributed by atoms with Crippen molar-refractivity contribution in [2.75, 3.05) is 13.1 Å². The van der Waals surface area contributed by atoms with Gasteiger partial charge >= 0.3 is 0 Å². The molecule has 3 atom stereocenters. The van der Waals surface area contributed by atoms with Crippen LogP contribution in [0.4, 0.5) is 4.39 Å². The molecule has 1 amide bonds. The number of nitrogens with zero attached hydrogens (tertiary/aromatic N) is 5. The van der Waals surface area contributed by atoms with Crippen molar-refractivity contribution in [3.63, 3.8) is 0 Å². The van der Waals surface area contributed by atoms with Crippen molar-refractivity contribution in [3.8, 4) is 23.0 Å². The summed E-state index contributed by atoms with van der Waals surface area (Å²) in [6.07, 6.45) is 1.75. The van der Waals surface area contributed by atoms with Gasteiger partial charge in [0.15, 0.2) is 5.82 Å². The first-order chi connectivity index (χ1) is 17.7. The molecule has 1 aliphatic heterocycles. The Balaban J connectivity index is 1.16. The number of carbonyl (C=O) groups excluding carboxylic acids is 1. The van der Waals surface area contributed by atoms with Crippen LogP contribution in [0.5, 0.6) is 5.88 Å². The molecule has 1 aromatic carbocycles. The molecule has 8 nitrogen and oxygen atoms in total. The van der Waals surface area contributed by atoms with Crippen LogP contribution < -0.4 is 10.5 Å². The maximum atomic E-state index is 13.4. The summed E-state index contributed by atoms with van der Waals surface area (Å²) < 4.78 is 21.4. The molecule has 2 aliphatic rings. The standard InChI is InChI=1S/C27H27FN6O2S/c1-15-19(12-34(32-15)23-13-37-14-30-23)26(35)33-10-20-21(11-33)25(20)36-24-9-17(27(2,3)29)8-22(31-24)16-4-6-18(28)7-5-16/h4-9,12-14,20-21,25H,10-11,29H2,1-3H3/t20-,21+,25?. The molecule has 4 aromatic rings. The summed E-state index contributed by atoms with van der Waals surface area (Å²) in [4.78, 5) is 24.1. The van der Waals surface area contributed by atoms with E-state index in [4.69, 9.17) is 15.5 Å². The van der Waals surface area contributed by atoms with Crippen molar-refractivity contribution in [1.29, 1.82) is 0 Å². The Morgan fingerprint density at radius 1 is 1.19 bits per heavy atom. The first kappa shape index (κ1) is 23.7. The predicted molar refractivity (Wildman–Crippen MR) is 138 cm³/mol. The minimum atomic E-state index is -0.598. The lowest BCUT2D eigenvalue weighted by Gasteiger charge is -2.22. The molecule has 190 valence electrons. The topological polar surface area (TPSA) is 99.2 Å². The molecule has 2 fully saturated rings. The fourth-order valence-corrected chi connectivity index (χ4v) is 5.46. The summed E-state index contributed by atoms with van der Waals surface area (Å²) in [5, 5.41) is 6.35. The van der Waals surface area contributed by atoms with Crippen LogP contribution in [-0.2, 0) is 5.54 Å². The number of hydrogen-bond donors (Lipinski definition) is 1. The van der Waals surface area contributed by atoms with Crippen LogP contribution in [0.25, 0.3) is 17.1 Å². The van der Waals surface area contributed by atoms with Gasteiger partial charge in [-0.05, 0) is 56.7 Å². The second-order valence-corrected chi connectivity index (χ2v) is 11.1. The number of thiazole rings is 1. The zero-order valence-corrected chi connectivity index (χ0v) is 21.6. The molecular weight excluding hydrogens is 491 g/mol. The molecule has 1 aliphatic carbocycles. The Morgan fingerprint density at radius 3 is 2.57 bits per heavy atom. The second kappa shape index (κ2) is 8.74. The zero-order chi connectivity index (χ0) is 25.9. The highest BCUT2D eigenvalue weighted by atomic mass is 32.1. The van der Waals surface area contributed by atoms with E-state index in [0.717, 1.165) is 11.1 Å². The van der Waals surface area contributed by atoms with E-state index in [9.17, 15) is 9.18 Å². The van der Waals surface area contributed by atoms with Crippen molar-refractivity contribution < 1.29 is 13.9 Å². The van der Waals surface area contributed by atoms with Crippen molar-refractivity contribution in [3.05, 3.63) is 76.1 Å². The Hall–Kier alpha value is -3.63. The number of ether oxygens (including phenoxy) is 1. The van der Waals surface area contributed by atoms with Gasteiger partial charge < -0.3 is 15.4 Å². The summed E-state index contributed by atoms with van der Waals surface area (Å²) in [6, 6.07) is 10.0. The Morgan fingerprint density at radius 2 is 1.92 bits per heavy atom. The highest BCUT2D eigenvalue weighted by Gasteiger charge is 2.59. The Kier molecular flexibility index (Phi) is 5.61. The van der Waals surface area contributed by atoms with Gasteiger partial charge in [0.1, 0.15) is 11.9 Å². The van der Waals surface area contributed by atoms with Gasteiger partial charge in [-0.2, -0.15) is 5.10 Å². The number of aromatic nitrogens is 4. The highest BCUT2D eigenvalue weighted by Crippen LogP contribution is 2.48. The number of rotatable bonds is 6. The molecule has 1 saturated carbocycles. The second-order valence-electron chi connectivity index (χ2n) is 10.3. The van der Waals surface area contributed by atoms with Crippen molar-refractivity contribution in [1.82, 2.24) is 24.6 Å². The molecule has 0 bridgehead atoms. The third-order valence-corrected chi connectivity index (χ3v) is 7.70. The van der Waals surface area contributed by atoms with E-state index in [-0.39, 0.29) is 29.7 Å². The molecule has 37 heavy (non-hydrogen) atoms. The normalized spacial score (nSPS) is 20.7. The molecule has 3 aromatic heterocycles. The van der Waals surface area contributed by atoms with Crippen LogP contribution in [0.3, 0.4) is 0 Å². The number of nitrogens with two attached hydrogens (primary N) is 1. The molecule has 10 heteroatoms. The van der Waals surface area contributed by atoms with Crippen LogP contribution >= 0.6 is 11.3 Å². The van der Waals surface area contributed by atoms with Crippen molar-refractivity contribution >= 4 is 17.2 Å². The predicted octanol–water partition coefficient (Wildman–Crippen LogP) is 4.18. The lowest BCUT2D eigenvalue weighted by Crippen LogP contribution is -2.33. The highest BCUT2D eigenvalue weighted by molar-refractivity contribution is 7.07. The number of halogens is 1. The van der Waals surface area contributed by atoms with Crippen molar-refractivity contribution in [2.24, 2.45) is 17.6 Å². The smallest absolute Gasteiger partial charge is 0.257 e. The van der Waals surface area contributed by atoms with Crippen LogP contribution in [0.2, 0.25) is 0 Å². The first-order valence-corrected chi connectivity index (χ1v) is 13.1. The van der Waals surface area contributed by atoms with Gasteiger partial charge in [0.25, 0.3) is 5.91 Å². The fourth-order valence-electron chi connectivity index (χ4n) is 4.94. The molecule has 6 rings (SSSR count). The zero-order valence-electron chi connectivity index (χ0n) is 20.8. The maximum Gasteiger partial charge on any atom is 0.257 e. The van der Waals surface area contributed by atoms with E-state index < -0.39 is 5.54 Å².